The molecule has 0 unspecified atom stereocenters. The summed E-state index contributed by atoms with van der Waals surface area (Å²) in [6, 6.07) is 3.82. The molecule has 0 radical (unpaired) electrons. The van der Waals surface area contributed by atoms with Gasteiger partial charge in [-0.1, -0.05) is 12.6 Å². The third-order valence-corrected chi connectivity index (χ3v) is 2.14. The first-order chi connectivity index (χ1) is 8.34. The van der Waals surface area contributed by atoms with Crippen LogP contribution in [0.15, 0.2) is 30.4 Å². The number of carbonyl (C=O) groups is 3. The van der Waals surface area contributed by atoms with Crippen molar-refractivity contribution in [2.45, 2.75) is 6.92 Å². The number of nitrogens with one attached hydrogen (secondary N) is 1. The van der Waals surface area contributed by atoms with Crippen molar-refractivity contribution in [2.24, 2.45) is 0 Å². The average molecular weight is 249 g/mol. The van der Waals surface area contributed by atoms with Gasteiger partial charge in [-0.05, 0) is 19.1 Å². The monoisotopic (exact) mass is 249 g/mol. The number of benzene rings is 1. The number of aromatic carboxylic acids is 2. The second kappa shape index (κ2) is 5.13. The van der Waals surface area contributed by atoms with Crippen LogP contribution in [0.3, 0.4) is 0 Å². The van der Waals surface area contributed by atoms with Gasteiger partial charge in [0.25, 0.3) is 5.91 Å². The average Bonchev–Trinajstić information content (AvgIpc) is 2.27. The highest BCUT2D eigenvalue weighted by Gasteiger charge is 2.20. The Labute approximate surface area is 103 Å². The van der Waals surface area contributed by atoms with Crippen LogP contribution in [-0.2, 0) is 4.79 Å². The van der Waals surface area contributed by atoms with Gasteiger partial charge in [-0.3, -0.25) is 4.79 Å². The fourth-order valence-electron chi connectivity index (χ4n) is 1.29. The molecule has 0 aliphatic heterocycles. The predicted molar refractivity (Wildman–Crippen MR) is 63.8 cm³/mol. The summed E-state index contributed by atoms with van der Waals surface area (Å²) in [5.41, 5.74) is -0.732. The molecule has 0 aliphatic rings. The maximum absolute atomic E-state index is 11.4. The van der Waals surface area contributed by atoms with E-state index in [1.165, 1.54) is 19.1 Å². The van der Waals surface area contributed by atoms with Gasteiger partial charge in [-0.25, -0.2) is 9.59 Å². The normalized spacial score (nSPS) is 9.61. The molecule has 0 saturated carbocycles. The first kappa shape index (κ1) is 13.4. The largest absolute Gasteiger partial charge is 0.478 e. The van der Waals surface area contributed by atoms with Crippen molar-refractivity contribution >= 4 is 23.5 Å². The van der Waals surface area contributed by atoms with Crippen LogP contribution >= 0.6 is 0 Å². The highest BCUT2D eigenvalue weighted by Crippen LogP contribution is 2.20. The van der Waals surface area contributed by atoms with Crippen molar-refractivity contribution in [3.8, 4) is 0 Å². The maximum Gasteiger partial charge on any atom is 0.338 e. The summed E-state index contributed by atoms with van der Waals surface area (Å²) in [4.78, 5) is 33.4. The Balaban J connectivity index is 3.32. The number of hydrogen-bond donors (Lipinski definition) is 3. The minimum absolute atomic E-state index is 0.0737. The zero-order chi connectivity index (χ0) is 13.9. The first-order valence-electron chi connectivity index (χ1n) is 4.91. The molecule has 0 aromatic heterocycles. The van der Waals surface area contributed by atoms with Crippen LogP contribution in [0.25, 0.3) is 0 Å². The number of carbonyl (C=O) groups excluding carboxylic acids is 1. The van der Waals surface area contributed by atoms with Crippen LogP contribution in [-0.4, -0.2) is 28.1 Å². The molecule has 1 rings (SSSR count). The molecule has 3 N–H and O–H groups in total. The minimum atomic E-state index is -1.43. The highest BCUT2D eigenvalue weighted by atomic mass is 16.4. The van der Waals surface area contributed by atoms with Gasteiger partial charge in [-0.15, -0.1) is 0 Å². The lowest BCUT2D eigenvalue weighted by Gasteiger charge is -2.10. The predicted octanol–water partition coefficient (Wildman–Crippen LogP) is 1.60. The number of carboxylic acid groups (broad SMARTS) is 2. The zero-order valence-electron chi connectivity index (χ0n) is 9.56. The lowest BCUT2D eigenvalue weighted by atomic mass is 10.1. The Morgan fingerprint density at radius 3 is 2.22 bits per heavy atom. The van der Waals surface area contributed by atoms with E-state index in [0.29, 0.717) is 0 Å². The van der Waals surface area contributed by atoms with Gasteiger partial charge in [0, 0.05) is 5.57 Å². The van der Waals surface area contributed by atoms with E-state index in [1.807, 2.05) is 0 Å². The lowest BCUT2D eigenvalue weighted by molar-refractivity contribution is -0.112. The van der Waals surface area contributed by atoms with Crippen molar-refractivity contribution in [2.75, 3.05) is 5.32 Å². The van der Waals surface area contributed by atoms with Gasteiger partial charge in [0.05, 0.1) is 16.8 Å². The summed E-state index contributed by atoms with van der Waals surface area (Å²) in [5.74, 6) is -3.37. The summed E-state index contributed by atoms with van der Waals surface area (Å²) < 4.78 is 0. The number of hydrogen-bond acceptors (Lipinski definition) is 3. The van der Waals surface area contributed by atoms with E-state index < -0.39 is 23.4 Å². The number of anilines is 1. The molecule has 0 spiro atoms. The fraction of sp³-hybridized carbons (Fsp3) is 0.0833. The van der Waals surface area contributed by atoms with E-state index in [9.17, 15) is 14.4 Å². The van der Waals surface area contributed by atoms with Gasteiger partial charge in [0.2, 0.25) is 0 Å². The summed E-state index contributed by atoms with van der Waals surface area (Å²) >= 11 is 0. The van der Waals surface area contributed by atoms with Gasteiger partial charge < -0.3 is 15.5 Å². The Morgan fingerprint density at radius 2 is 1.78 bits per heavy atom. The second-order valence-corrected chi connectivity index (χ2v) is 3.57. The fourth-order valence-corrected chi connectivity index (χ4v) is 1.29. The second-order valence-electron chi connectivity index (χ2n) is 3.57. The van der Waals surface area contributed by atoms with Gasteiger partial charge in [0.1, 0.15) is 0 Å². The van der Waals surface area contributed by atoms with Crippen LogP contribution in [0, 0.1) is 0 Å². The summed E-state index contributed by atoms with van der Waals surface area (Å²) in [7, 11) is 0. The first-order valence-corrected chi connectivity index (χ1v) is 4.91. The number of rotatable bonds is 4. The quantitative estimate of drug-likeness (QED) is 0.703. The van der Waals surface area contributed by atoms with Crippen molar-refractivity contribution < 1.29 is 24.6 Å². The molecule has 0 saturated heterocycles. The number of amides is 1. The maximum atomic E-state index is 11.4. The molecule has 6 nitrogen and oxygen atoms in total. The minimum Gasteiger partial charge on any atom is -0.478 e. The molecular formula is C12H11NO5. The van der Waals surface area contributed by atoms with Crippen molar-refractivity contribution in [1.29, 1.82) is 0 Å². The van der Waals surface area contributed by atoms with Crippen LogP contribution in [0.4, 0.5) is 5.69 Å². The molecule has 94 valence electrons. The summed E-state index contributed by atoms with van der Waals surface area (Å²) in [5, 5.41) is 20.2. The molecule has 6 heteroatoms. The van der Waals surface area contributed by atoms with Gasteiger partial charge in [0.15, 0.2) is 0 Å². The van der Waals surface area contributed by atoms with Gasteiger partial charge >= 0.3 is 11.9 Å². The molecule has 18 heavy (non-hydrogen) atoms. The molecule has 0 atom stereocenters. The van der Waals surface area contributed by atoms with E-state index in [4.69, 9.17) is 10.2 Å². The van der Waals surface area contributed by atoms with E-state index in [2.05, 4.69) is 11.9 Å². The van der Waals surface area contributed by atoms with E-state index >= 15 is 0 Å². The van der Waals surface area contributed by atoms with Crippen LogP contribution < -0.4 is 5.32 Å². The van der Waals surface area contributed by atoms with E-state index in [0.717, 1.165) is 6.07 Å². The third kappa shape index (κ3) is 2.73. The Bertz CT molecular complexity index is 547. The Morgan fingerprint density at radius 1 is 1.17 bits per heavy atom. The summed E-state index contributed by atoms with van der Waals surface area (Å²) in [6.07, 6.45) is 0. The molecule has 1 amide bonds. The molecule has 0 aliphatic carbocycles. The van der Waals surface area contributed by atoms with E-state index in [-0.39, 0.29) is 16.8 Å². The standard InChI is InChI=1S/C12H11NO5/c1-6(2)10(14)13-8-5-3-4-7(11(15)16)9(8)12(17)18/h3-5H,1H2,2H3,(H,13,14)(H,15,16)(H,17,18). The molecule has 0 bridgehead atoms. The third-order valence-electron chi connectivity index (χ3n) is 2.14. The van der Waals surface area contributed by atoms with Crippen molar-refractivity contribution in [3.05, 3.63) is 41.5 Å². The number of carboxylic acids is 2. The smallest absolute Gasteiger partial charge is 0.338 e. The molecule has 1 aromatic rings. The van der Waals surface area contributed by atoms with E-state index in [1.54, 1.807) is 0 Å². The van der Waals surface area contributed by atoms with Crippen LogP contribution in [0.5, 0.6) is 0 Å². The van der Waals surface area contributed by atoms with Crippen LogP contribution in [0.1, 0.15) is 27.6 Å². The highest BCUT2D eigenvalue weighted by molar-refractivity contribution is 6.10. The van der Waals surface area contributed by atoms with Gasteiger partial charge in [-0.2, -0.15) is 0 Å². The molecular weight excluding hydrogens is 238 g/mol. The lowest BCUT2D eigenvalue weighted by Crippen LogP contribution is -2.17. The molecule has 0 heterocycles. The topological polar surface area (TPSA) is 104 Å². The van der Waals surface area contributed by atoms with Crippen LogP contribution in [0.2, 0.25) is 0 Å². The van der Waals surface area contributed by atoms with Crippen molar-refractivity contribution in [3.63, 3.8) is 0 Å². The molecule has 1 aromatic carbocycles. The van der Waals surface area contributed by atoms with Crippen molar-refractivity contribution in [1.82, 2.24) is 0 Å². The summed E-state index contributed by atoms with van der Waals surface area (Å²) in [6.45, 7) is 4.86. The zero-order valence-corrected chi connectivity index (χ0v) is 9.56. The SMILES string of the molecule is C=C(C)C(=O)Nc1cccc(C(=O)O)c1C(=O)O. The Hall–Kier alpha value is -2.63. The molecule has 0 fully saturated rings. The Kier molecular flexibility index (Phi) is 3.83.